The summed E-state index contributed by atoms with van der Waals surface area (Å²) < 4.78 is 11.7. The number of hydrogen-bond donors (Lipinski definition) is 0. The number of hydrogen-bond acceptors (Lipinski definition) is 0. The van der Waals surface area contributed by atoms with Crippen LogP contribution < -0.4 is 6.54 Å². The van der Waals surface area contributed by atoms with E-state index in [0.29, 0.717) is 11.3 Å². The third-order valence-electron chi connectivity index (χ3n) is 11.8. The number of aryl methyl sites for hydroxylation is 3. The molecule has 0 N–H and O–H groups in total. The molecule has 3 heteroatoms. The van der Waals surface area contributed by atoms with E-state index in [1.54, 1.807) is 17.7 Å². The van der Waals surface area contributed by atoms with E-state index in [9.17, 15) is 0 Å². The fraction of sp³-hybridized carbons (Fsp3) is 0.410. The van der Waals surface area contributed by atoms with Gasteiger partial charge in [-0.3, -0.25) is 0 Å². The quantitative estimate of drug-likeness (QED) is 0.197. The van der Waals surface area contributed by atoms with Gasteiger partial charge in [-0.1, -0.05) is 0 Å². The van der Waals surface area contributed by atoms with E-state index < -0.39 is 18.3 Å². The fourth-order valence-corrected chi connectivity index (χ4v) is 25.7. The average molecular weight is 681 g/mol. The van der Waals surface area contributed by atoms with E-state index in [1.165, 1.54) is 74.3 Å². The van der Waals surface area contributed by atoms with Gasteiger partial charge in [0.1, 0.15) is 0 Å². The first-order valence-electron chi connectivity index (χ1n) is 15.8. The Morgan fingerprint density at radius 1 is 0.857 bits per heavy atom. The molecule has 0 nitrogen and oxygen atoms in total. The molecule has 0 aromatic heterocycles. The van der Waals surface area contributed by atoms with Crippen molar-refractivity contribution in [2.24, 2.45) is 11.3 Å². The zero-order valence-corrected chi connectivity index (χ0v) is 30.9. The van der Waals surface area contributed by atoms with Gasteiger partial charge in [0.05, 0.1) is 0 Å². The molecule has 42 heavy (non-hydrogen) atoms. The Balaban J connectivity index is 0.00000202. The monoisotopic (exact) mass is 678 g/mol. The summed E-state index contributed by atoms with van der Waals surface area (Å²) in [7, 11) is 0. The Labute approximate surface area is 268 Å². The van der Waals surface area contributed by atoms with Crippen molar-refractivity contribution in [3.8, 4) is 11.1 Å². The second-order valence-corrected chi connectivity index (χ2v) is 28.1. The van der Waals surface area contributed by atoms with Gasteiger partial charge in [0.2, 0.25) is 0 Å². The van der Waals surface area contributed by atoms with Gasteiger partial charge < -0.3 is 0 Å². The summed E-state index contributed by atoms with van der Waals surface area (Å²) in [6.07, 6.45) is 13.2. The van der Waals surface area contributed by atoms with Crippen LogP contribution in [0.15, 0.2) is 69.5 Å². The van der Waals surface area contributed by atoms with Gasteiger partial charge in [0.25, 0.3) is 0 Å². The van der Waals surface area contributed by atoms with E-state index >= 15 is 0 Å². The molecule has 0 spiro atoms. The van der Waals surface area contributed by atoms with Crippen LogP contribution in [0, 0.1) is 39.0 Å². The zero-order valence-electron chi connectivity index (χ0n) is 26.8. The molecular formula is C39H50Cl2Zr. The fourth-order valence-electron chi connectivity index (χ4n) is 8.98. The van der Waals surface area contributed by atoms with Crippen molar-refractivity contribution in [1.29, 1.82) is 0 Å². The van der Waals surface area contributed by atoms with Gasteiger partial charge in [-0.2, -0.15) is 0 Å². The van der Waals surface area contributed by atoms with Gasteiger partial charge in [0, 0.05) is 0 Å². The Morgan fingerprint density at radius 3 is 2.12 bits per heavy atom. The Hall–Kier alpha value is -1.53. The van der Waals surface area contributed by atoms with Crippen LogP contribution in [-0.2, 0) is 24.7 Å². The second kappa shape index (κ2) is 11.8. The summed E-state index contributed by atoms with van der Waals surface area (Å²) in [6, 6.07) is 19.0. The zero-order chi connectivity index (χ0) is 28.5. The van der Waals surface area contributed by atoms with E-state index in [0.717, 1.165) is 10.5 Å². The van der Waals surface area contributed by atoms with Crippen LogP contribution in [-0.4, -0.2) is 4.21 Å². The van der Waals surface area contributed by atoms with Crippen LogP contribution in [0.25, 0.3) is 11.1 Å². The third-order valence-corrected chi connectivity index (χ3v) is 29.4. The van der Waals surface area contributed by atoms with Crippen LogP contribution in [0.1, 0.15) is 86.3 Å². The van der Waals surface area contributed by atoms with Crippen molar-refractivity contribution in [3.63, 3.8) is 0 Å². The molecule has 1 fully saturated rings. The number of rotatable bonds is 5. The summed E-state index contributed by atoms with van der Waals surface area (Å²) in [5.74, 6) is 0.431. The van der Waals surface area contributed by atoms with E-state index in [4.69, 9.17) is 4.21 Å². The van der Waals surface area contributed by atoms with Crippen molar-refractivity contribution in [2.75, 3.05) is 0 Å². The maximum atomic E-state index is 5.68. The first-order valence-corrected chi connectivity index (χ1v) is 22.9. The van der Waals surface area contributed by atoms with Crippen molar-refractivity contribution < 1.29 is 18.3 Å². The SMILES string of the molecule is Cl.Cl.[CH2]=[Zr]([CH2]C)([C]1=CC(C2(C)CCCCC2)=CC1C)([c]1ccccc1)[c]1c(C)c(C)cc2c1Cc1cc(C)c(C)cc1-2. The molecule has 1 saturated carbocycles. The topological polar surface area (TPSA) is 0 Å². The molecule has 0 heterocycles. The maximum absolute atomic E-state index is 5.68. The molecule has 0 bridgehead atoms. The molecule has 1 unspecified atom stereocenters. The number of halogens is 2. The number of benzene rings is 3. The molecule has 6 rings (SSSR count). The van der Waals surface area contributed by atoms with Crippen LogP contribution in [0.4, 0.5) is 0 Å². The minimum absolute atomic E-state index is 0. The number of fused-ring (bicyclic) bond motifs is 3. The molecular weight excluding hydrogens is 631 g/mol. The molecule has 0 radical (unpaired) electrons. The molecule has 1 atom stereocenters. The normalized spacial score (nSPS) is 19.2. The summed E-state index contributed by atoms with van der Waals surface area (Å²) >= 11 is -4.36. The standard InChI is InChI=1S/C17H17.C13H19.C6H5.C2H5.CH2.2ClH.Zr/c1-10-5-14-9-15-6-11(2)13(4)8-17(15)16(14)7-12(10)3;1-11-6-7-12(10-11)13(2)8-4-3-5-9-13;1-2-4-6-5-3-1;1-2;;;;/h5,7-8H,9H2,1-4H3;7,10-11H,3-5,8-9H2,1-2H3;1-5H;1H2,2H3;1H2;2*1H;. The molecule has 0 saturated heterocycles. The van der Waals surface area contributed by atoms with Gasteiger partial charge in [-0.05, 0) is 0 Å². The molecule has 3 aromatic carbocycles. The van der Waals surface area contributed by atoms with Crippen molar-refractivity contribution >= 4 is 35.6 Å². The molecule has 0 amide bonds. The van der Waals surface area contributed by atoms with Gasteiger partial charge in [0.15, 0.2) is 0 Å². The first-order chi connectivity index (χ1) is 19.0. The van der Waals surface area contributed by atoms with Crippen LogP contribution in [0.3, 0.4) is 0 Å². The van der Waals surface area contributed by atoms with Crippen LogP contribution >= 0.6 is 24.8 Å². The Bertz CT molecular complexity index is 1650. The first kappa shape index (κ1) is 33.4. The minimum atomic E-state index is -4.36. The van der Waals surface area contributed by atoms with E-state index in [2.05, 4.69) is 109 Å². The van der Waals surface area contributed by atoms with Crippen molar-refractivity contribution in [3.05, 3.63) is 103 Å². The number of allylic oxidation sites excluding steroid dienone is 4. The van der Waals surface area contributed by atoms with E-state index in [-0.39, 0.29) is 24.8 Å². The predicted octanol–water partition coefficient (Wildman–Crippen LogP) is 10.3. The summed E-state index contributed by atoms with van der Waals surface area (Å²) in [5, 5.41) is 0. The molecule has 224 valence electrons. The molecule has 0 aliphatic heterocycles. The molecule has 3 aliphatic rings. The summed E-state index contributed by atoms with van der Waals surface area (Å²) in [4.78, 5) is 0. The molecule has 3 aliphatic carbocycles. The predicted molar refractivity (Wildman–Crippen MR) is 188 cm³/mol. The van der Waals surface area contributed by atoms with Gasteiger partial charge in [-0.25, -0.2) is 0 Å². The van der Waals surface area contributed by atoms with Crippen molar-refractivity contribution in [2.45, 2.75) is 91.1 Å². The van der Waals surface area contributed by atoms with Crippen molar-refractivity contribution in [1.82, 2.24) is 0 Å². The second-order valence-electron chi connectivity index (χ2n) is 14.0. The summed E-state index contributed by atoms with van der Waals surface area (Å²) in [5.41, 5.74) is 13.6. The van der Waals surface area contributed by atoms with Gasteiger partial charge >= 0.3 is 246 Å². The Morgan fingerprint density at radius 2 is 1.48 bits per heavy atom. The Kier molecular flexibility index (Phi) is 9.35. The third kappa shape index (κ3) is 4.77. The average Bonchev–Trinajstić information content (AvgIpc) is 3.51. The van der Waals surface area contributed by atoms with Gasteiger partial charge in [-0.15, -0.1) is 24.8 Å². The van der Waals surface area contributed by atoms with Crippen LogP contribution in [0.5, 0.6) is 0 Å². The van der Waals surface area contributed by atoms with E-state index in [1.807, 2.05) is 0 Å². The molecule has 3 aromatic rings. The summed E-state index contributed by atoms with van der Waals surface area (Å²) in [6.45, 7) is 16.8. The van der Waals surface area contributed by atoms with Crippen LogP contribution in [0.2, 0.25) is 4.13 Å².